The van der Waals surface area contributed by atoms with E-state index in [-0.39, 0.29) is 43.0 Å². The Hall–Kier alpha value is -0.590. The minimum atomic E-state index is -0.230. The molecule has 0 aliphatic carbocycles. The second-order valence-corrected chi connectivity index (χ2v) is 4.91. The Morgan fingerprint density at radius 1 is 1.18 bits per heavy atom. The average molecular weight is 372 g/mol. The molecule has 1 aliphatic rings. The summed E-state index contributed by atoms with van der Waals surface area (Å²) < 4.78 is 15.9. The summed E-state index contributed by atoms with van der Waals surface area (Å²) in [4.78, 5) is 6.87. The third kappa shape index (κ3) is 4.24. The Morgan fingerprint density at radius 2 is 1.86 bits per heavy atom. The molecule has 22 heavy (non-hydrogen) atoms. The lowest BCUT2D eigenvalue weighted by atomic mass is 10.3. The Bertz CT molecular complexity index is 585. The molecule has 0 unspecified atom stereocenters. The Kier molecular flexibility index (Phi) is 9.27. The van der Waals surface area contributed by atoms with E-state index >= 15 is 0 Å². The van der Waals surface area contributed by atoms with Crippen LogP contribution in [0.15, 0.2) is 18.2 Å². The number of benzene rings is 1. The second kappa shape index (κ2) is 9.53. The van der Waals surface area contributed by atoms with Crippen molar-refractivity contribution in [1.82, 2.24) is 19.8 Å². The lowest BCUT2D eigenvalue weighted by molar-refractivity contribution is 0.225. The molecule has 126 valence electrons. The molecule has 0 spiro atoms. The first-order chi connectivity index (χ1) is 9.29. The first-order valence-corrected chi connectivity index (χ1v) is 6.86. The highest BCUT2D eigenvalue weighted by atomic mass is 35.5. The molecule has 2 heterocycles. The zero-order chi connectivity index (χ0) is 13.2. The van der Waals surface area contributed by atoms with Crippen LogP contribution in [0.25, 0.3) is 11.0 Å². The van der Waals surface area contributed by atoms with Crippen molar-refractivity contribution in [2.75, 3.05) is 26.2 Å². The maximum atomic E-state index is 13.8. The fourth-order valence-electron chi connectivity index (χ4n) is 2.70. The van der Waals surface area contributed by atoms with Gasteiger partial charge in [-0.1, -0.05) is 6.07 Å². The van der Waals surface area contributed by atoms with E-state index in [4.69, 9.17) is 0 Å². The van der Waals surface area contributed by atoms with E-state index in [1.54, 1.807) is 6.07 Å². The number of halogens is 4. The van der Waals surface area contributed by atoms with Gasteiger partial charge in [0.25, 0.3) is 0 Å². The van der Waals surface area contributed by atoms with E-state index in [0.717, 1.165) is 50.6 Å². The number of hydrogen-bond acceptors (Lipinski definition) is 3. The normalized spacial score (nSPS) is 14.8. The SMILES string of the molecule is CCn1c(CN2CCNCC2)nc2c(F)cccc21.Cl.Cl.Cl. The number of piperazine rings is 1. The summed E-state index contributed by atoms with van der Waals surface area (Å²) in [6.45, 7) is 7.77. The van der Waals surface area contributed by atoms with Gasteiger partial charge in [-0.05, 0) is 19.1 Å². The van der Waals surface area contributed by atoms with E-state index < -0.39 is 0 Å². The Labute approximate surface area is 148 Å². The minimum Gasteiger partial charge on any atom is -0.327 e. The molecular formula is C14H22Cl3FN4. The Morgan fingerprint density at radius 3 is 2.50 bits per heavy atom. The molecule has 1 saturated heterocycles. The van der Waals surface area contributed by atoms with Crippen LogP contribution in [0.4, 0.5) is 4.39 Å². The lowest BCUT2D eigenvalue weighted by Gasteiger charge is -2.26. The summed E-state index contributed by atoms with van der Waals surface area (Å²) in [6.07, 6.45) is 0. The number of fused-ring (bicyclic) bond motifs is 1. The van der Waals surface area contributed by atoms with Gasteiger partial charge in [-0.25, -0.2) is 9.37 Å². The standard InChI is InChI=1S/C14H19FN4.3ClH/c1-2-19-12-5-3-4-11(15)14(12)17-13(19)10-18-8-6-16-7-9-18;;;/h3-5,16H,2,6-10H2,1H3;3*1H. The van der Waals surface area contributed by atoms with Crippen molar-refractivity contribution in [2.24, 2.45) is 0 Å². The van der Waals surface area contributed by atoms with Crippen LogP contribution in [0.2, 0.25) is 0 Å². The van der Waals surface area contributed by atoms with E-state index in [2.05, 4.69) is 26.7 Å². The summed E-state index contributed by atoms with van der Waals surface area (Å²) in [5.41, 5.74) is 1.39. The van der Waals surface area contributed by atoms with Crippen molar-refractivity contribution >= 4 is 48.3 Å². The van der Waals surface area contributed by atoms with Gasteiger partial charge >= 0.3 is 0 Å². The first kappa shape index (κ1) is 21.4. The number of para-hydroxylation sites is 1. The third-order valence-electron chi connectivity index (χ3n) is 3.70. The smallest absolute Gasteiger partial charge is 0.151 e. The van der Waals surface area contributed by atoms with Crippen LogP contribution >= 0.6 is 37.2 Å². The molecule has 1 fully saturated rings. The highest BCUT2D eigenvalue weighted by Gasteiger charge is 2.16. The zero-order valence-electron chi connectivity index (χ0n) is 12.4. The topological polar surface area (TPSA) is 33.1 Å². The molecule has 8 heteroatoms. The number of aromatic nitrogens is 2. The predicted octanol–water partition coefficient (Wildman–Crippen LogP) is 2.87. The minimum absolute atomic E-state index is 0. The van der Waals surface area contributed by atoms with Gasteiger partial charge in [-0.15, -0.1) is 37.2 Å². The average Bonchev–Trinajstić information content (AvgIpc) is 2.79. The molecule has 1 aromatic carbocycles. The van der Waals surface area contributed by atoms with Crippen LogP contribution in [0.5, 0.6) is 0 Å². The van der Waals surface area contributed by atoms with Crippen LogP contribution in [0, 0.1) is 5.82 Å². The lowest BCUT2D eigenvalue weighted by Crippen LogP contribution is -2.43. The molecule has 1 aliphatic heterocycles. The van der Waals surface area contributed by atoms with Crippen LogP contribution in [-0.2, 0) is 13.1 Å². The summed E-state index contributed by atoms with van der Waals surface area (Å²) in [5, 5.41) is 3.34. The molecule has 1 aromatic heterocycles. The quantitative estimate of drug-likeness (QED) is 0.900. The molecule has 1 N–H and O–H groups in total. The third-order valence-corrected chi connectivity index (χ3v) is 3.70. The van der Waals surface area contributed by atoms with Crippen LogP contribution in [0.1, 0.15) is 12.7 Å². The van der Waals surface area contributed by atoms with E-state index in [9.17, 15) is 4.39 Å². The summed E-state index contributed by atoms with van der Waals surface area (Å²) in [5.74, 6) is 0.732. The number of imidazole rings is 1. The van der Waals surface area contributed by atoms with Gasteiger partial charge < -0.3 is 9.88 Å². The van der Waals surface area contributed by atoms with Crippen LogP contribution in [-0.4, -0.2) is 40.6 Å². The van der Waals surface area contributed by atoms with Crippen molar-refractivity contribution in [3.8, 4) is 0 Å². The van der Waals surface area contributed by atoms with Crippen LogP contribution in [0.3, 0.4) is 0 Å². The monoisotopic (exact) mass is 370 g/mol. The fourth-order valence-corrected chi connectivity index (χ4v) is 2.70. The van der Waals surface area contributed by atoms with Crippen molar-refractivity contribution in [2.45, 2.75) is 20.0 Å². The highest BCUT2D eigenvalue weighted by Crippen LogP contribution is 2.20. The summed E-state index contributed by atoms with van der Waals surface area (Å²) in [7, 11) is 0. The molecule has 3 rings (SSSR count). The van der Waals surface area contributed by atoms with Gasteiger partial charge in [-0.2, -0.15) is 0 Å². The summed E-state index contributed by atoms with van der Waals surface area (Å²) in [6, 6.07) is 5.17. The van der Waals surface area contributed by atoms with Gasteiger partial charge in [0, 0.05) is 32.7 Å². The maximum absolute atomic E-state index is 13.8. The van der Waals surface area contributed by atoms with Crippen molar-refractivity contribution < 1.29 is 4.39 Å². The number of rotatable bonds is 3. The van der Waals surface area contributed by atoms with Crippen molar-refractivity contribution in [3.05, 3.63) is 29.8 Å². The van der Waals surface area contributed by atoms with E-state index in [0.29, 0.717) is 5.52 Å². The second-order valence-electron chi connectivity index (χ2n) is 4.91. The van der Waals surface area contributed by atoms with E-state index in [1.165, 1.54) is 6.07 Å². The zero-order valence-corrected chi connectivity index (χ0v) is 14.9. The number of hydrogen-bond donors (Lipinski definition) is 1. The first-order valence-electron chi connectivity index (χ1n) is 6.86. The van der Waals surface area contributed by atoms with Gasteiger partial charge in [0.05, 0.1) is 12.1 Å². The Balaban J connectivity index is 0.00000147. The molecule has 0 radical (unpaired) electrons. The van der Waals surface area contributed by atoms with Gasteiger partial charge in [0.15, 0.2) is 5.82 Å². The maximum Gasteiger partial charge on any atom is 0.151 e. The van der Waals surface area contributed by atoms with Crippen molar-refractivity contribution in [1.29, 1.82) is 0 Å². The van der Waals surface area contributed by atoms with Crippen LogP contribution < -0.4 is 5.32 Å². The van der Waals surface area contributed by atoms with Gasteiger partial charge in [-0.3, -0.25) is 4.90 Å². The van der Waals surface area contributed by atoms with Gasteiger partial charge in [0.1, 0.15) is 11.3 Å². The molecule has 0 atom stereocenters. The van der Waals surface area contributed by atoms with E-state index in [1.807, 2.05) is 6.07 Å². The summed E-state index contributed by atoms with van der Waals surface area (Å²) >= 11 is 0. The predicted molar refractivity (Wildman–Crippen MR) is 95.3 cm³/mol. The number of aryl methyl sites for hydroxylation is 1. The van der Waals surface area contributed by atoms with Crippen molar-refractivity contribution in [3.63, 3.8) is 0 Å². The highest BCUT2D eigenvalue weighted by molar-refractivity contribution is 5.86. The molecule has 0 saturated carbocycles. The molecule has 0 amide bonds. The van der Waals surface area contributed by atoms with Gasteiger partial charge in [0.2, 0.25) is 0 Å². The molecular weight excluding hydrogens is 350 g/mol. The largest absolute Gasteiger partial charge is 0.327 e. The molecule has 0 bridgehead atoms. The number of nitrogens with zero attached hydrogens (tertiary/aromatic N) is 3. The number of nitrogens with one attached hydrogen (secondary N) is 1. The fraction of sp³-hybridized carbons (Fsp3) is 0.500. The molecule has 2 aromatic rings. The molecule has 4 nitrogen and oxygen atoms in total.